The summed E-state index contributed by atoms with van der Waals surface area (Å²) in [4.78, 5) is 10.7. The lowest BCUT2D eigenvalue weighted by Gasteiger charge is -1.91. The molecular formula is C12H12O2. The smallest absolute Gasteiger partial charge is 0.336 e. The van der Waals surface area contributed by atoms with Gasteiger partial charge in [-0.1, -0.05) is 37.5 Å². The molecule has 1 saturated carbocycles. The first-order valence-electron chi connectivity index (χ1n) is 4.85. The van der Waals surface area contributed by atoms with E-state index in [0.29, 0.717) is 5.58 Å². The summed E-state index contributed by atoms with van der Waals surface area (Å²) in [7, 11) is 0. The molecule has 0 unspecified atom stereocenters. The van der Waals surface area contributed by atoms with Crippen molar-refractivity contribution in [1.29, 1.82) is 0 Å². The van der Waals surface area contributed by atoms with Crippen molar-refractivity contribution in [2.45, 2.75) is 19.3 Å². The van der Waals surface area contributed by atoms with Gasteiger partial charge in [0.05, 0.1) is 0 Å². The van der Waals surface area contributed by atoms with Crippen molar-refractivity contribution < 1.29 is 4.42 Å². The Morgan fingerprint density at radius 3 is 2.36 bits per heavy atom. The highest BCUT2D eigenvalue weighted by Crippen LogP contribution is 2.14. The molecule has 0 spiro atoms. The number of benzene rings is 1. The quantitative estimate of drug-likeness (QED) is 0.595. The SMILES string of the molecule is C1CC1.O=c1ccc2ccccc2o1. The van der Waals surface area contributed by atoms with Gasteiger partial charge < -0.3 is 4.42 Å². The van der Waals surface area contributed by atoms with Gasteiger partial charge >= 0.3 is 5.63 Å². The summed E-state index contributed by atoms with van der Waals surface area (Å²) in [5.41, 5.74) is 0.337. The molecule has 1 aliphatic rings. The molecule has 2 nitrogen and oxygen atoms in total. The average Bonchev–Trinajstić information content (AvgIpc) is 3.04. The van der Waals surface area contributed by atoms with E-state index in [4.69, 9.17) is 4.42 Å². The monoisotopic (exact) mass is 188 g/mol. The molecule has 1 heterocycles. The molecule has 0 bridgehead atoms. The van der Waals surface area contributed by atoms with E-state index in [-0.39, 0.29) is 5.63 Å². The third-order valence-corrected chi connectivity index (χ3v) is 1.88. The molecule has 0 aliphatic heterocycles. The summed E-state index contributed by atoms with van der Waals surface area (Å²) in [6.07, 6.45) is 4.50. The van der Waals surface area contributed by atoms with Crippen molar-refractivity contribution in [3.63, 3.8) is 0 Å². The van der Waals surface area contributed by atoms with E-state index >= 15 is 0 Å². The Bertz CT molecular complexity index is 466. The van der Waals surface area contributed by atoms with Crippen LogP contribution in [-0.2, 0) is 0 Å². The van der Waals surface area contributed by atoms with E-state index in [9.17, 15) is 4.79 Å². The van der Waals surface area contributed by atoms with Crippen LogP contribution in [0.3, 0.4) is 0 Å². The second-order valence-electron chi connectivity index (χ2n) is 3.35. The summed E-state index contributed by atoms with van der Waals surface area (Å²) >= 11 is 0. The molecule has 0 amide bonds. The number of fused-ring (bicyclic) bond motifs is 1. The fourth-order valence-electron chi connectivity index (χ4n) is 1.01. The van der Waals surface area contributed by atoms with Gasteiger partial charge in [0, 0.05) is 11.5 Å². The number of hydrogen-bond donors (Lipinski definition) is 0. The van der Waals surface area contributed by atoms with Gasteiger partial charge in [0.25, 0.3) is 0 Å². The van der Waals surface area contributed by atoms with Gasteiger partial charge in [-0.05, 0) is 12.1 Å². The van der Waals surface area contributed by atoms with Crippen molar-refractivity contribution in [3.8, 4) is 0 Å². The van der Waals surface area contributed by atoms with Crippen molar-refractivity contribution in [2.24, 2.45) is 0 Å². The molecule has 72 valence electrons. The maximum Gasteiger partial charge on any atom is 0.336 e. The zero-order valence-electron chi connectivity index (χ0n) is 7.90. The first-order valence-corrected chi connectivity index (χ1v) is 4.85. The molecule has 0 N–H and O–H groups in total. The summed E-state index contributed by atoms with van der Waals surface area (Å²) in [6, 6.07) is 10.6. The summed E-state index contributed by atoms with van der Waals surface area (Å²) in [5.74, 6) is 0. The Balaban J connectivity index is 0.000000214. The van der Waals surface area contributed by atoms with Crippen LogP contribution in [0.4, 0.5) is 0 Å². The largest absolute Gasteiger partial charge is 0.423 e. The van der Waals surface area contributed by atoms with Crippen LogP contribution < -0.4 is 5.63 Å². The maximum atomic E-state index is 10.7. The van der Waals surface area contributed by atoms with Gasteiger partial charge in [0.15, 0.2) is 0 Å². The van der Waals surface area contributed by atoms with Crippen LogP contribution in [-0.4, -0.2) is 0 Å². The molecule has 3 rings (SSSR count). The van der Waals surface area contributed by atoms with E-state index in [1.165, 1.54) is 25.3 Å². The van der Waals surface area contributed by atoms with E-state index < -0.39 is 0 Å². The molecule has 0 atom stereocenters. The normalized spacial score (nSPS) is 13.1. The Morgan fingerprint density at radius 1 is 0.929 bits per heavy atom. The molecule has 2 aromatic rings. The van der Waals surface area contributed by atoms with E-state index in [2.05, 4.69) is 0 Å². The Kier molecular flexibility index (Phi) is 2.63. The molecule has 0 radical (unpaired) electrons. The van der Waals surface area contributed by atoms with E-state index in [1.54, 1.807) is 12.1 Å². The predicted octanol–water partition coefficient (Wildman–Crippen LogP) is 2.96. The first-order chi connectivity index (χ1) is 6.86. The van der Waals surface area contributed by atoms with Gasteiger partial charge in [-0.3, -0.25) is 0 Å². The number of hydrogen-bond acceptors (Lipinski definition) is 2. The van der Waals surface area contributed by atoms with Crippen molar-refractivity contribution in [1.82, 2.24) is 0 Å². The van der Waals surface area contributed by atoms with Crippen LogP contribution in [0.2, 0.25) is 0 Å². The van der Waals surface area contributed by atoms with Gasteiger partial charge in [-0.15, -0.1) is 0 Å². The van der Waals surface area contributed by atoms with Gasteiger partial charge in [0.2, 0.25) is 0 Å². The Morgan fingerprint density at radius 2 is 1.64 bits per heavy atom. The second-order valence-corrected chi connectivity index (χ2v) is 3.35. The van der Waals surface area contributed by atoms with Crippen molar-refractivity contribution >= 4 is 11.0 Å². The highest BCUT2D eigenvalue weighted by molar-refractivity contribution is 5.75. The molecule has 0 saturated heterocycles. The lowest BCUT2D eigenvalue weighted by atomic mass is 10.2. The third kappa shape index (κ3) is 2.46. The predicted molar refractivity (Wildman–Crippen MR) is 56.3 cm³/mol. The molecule has 1 fully saturated rings. The van der Waals surface area contributed by atoms with Crippen LogP contribution >= 0.6 is 0 Å². The molecule has 1 aliphatic carbocycles. The van der Waals surface area contributed by atoms with Gasteiger partial charge in [-0.2, -0.15) is 0 Å². The highest BCUT2D eigenvalue weighted by atomic mass is 16.4. The third-order valence-electron chi connectivity index (χ3n) is 1.88. The summed E-state index contributed by atoms with van der Waals surface area (Å²) in [5, 5.41) is 0.951. The van der Waals surface area contributed by atoms with Gasteiger partial charge in [-0.25, -0.2) is 4.79 Å². The minimum absolute atomic E-state index is 0.302. The number of rotatable bonds is 0. The van der Waals surface area contributed by atoms with Crippen LogP contribution in [0, 0.1) is 0 Å². The lowest BCUT2D eigenvalue weighted by molar-refractivity contribution is 0.561. The topological polar surface area (TPSA) is 30.2 Å². The van der Waals surface area contributed by atoms with Gasteiger partial charge in [0.1, 0.15) is 5.58 Å². The Labute approximate surface area is 82.2 Å². The van der Waals surface area contributed by atoms with Crippen LogP contribution in [0.5, 0.6) is 0 Å². The molecular weight excluding hydrogens is 176 g/mol. The fraction of sp³-hybridized carbons (Fsp3) is 0.250. The van der Waals surface area contributed by atoms with E-state index in [0.717, 1.165) is 5.39 Å². The van der Waals surface area contributed by atoms with Crippen molar-refractivity contribution in [3.05, 3.63) is 46.8 Å². The zero-order chi connectivity index (χ0) is 9.80. The molecule has 14 heavy (non-hydrogen) atoms. The van der Waals surface area contributed by atoms with E-state index in [1.807, 2.05) is 18.2 Å². The van der Waals surface area contributed by atoms with Crippen LogP contribution in [0.15, 0.2) is 45.6 Å². The minimum atomic E-state index is -0.302. The average molecular weight is 188 g/mol. The fourth-order valence-corrected chi connectivity index (χ4v) is 1.01. The second kappa shape index (κ2) is 4.09. The number of para-hydroxylation sites is 1. The maximum absolute atomic E-state index is 10.7. The van der Waals surface area contributed by atoms with Crippen LogP contribution in [0.25, 0.3) is 11.0 Å². The summed E-state index contributed by atoms with van der Waals surface area (Å²) in [6.45, 7) is 0. The Hall–Kier alpha value is -1.57. The molecule has 2 heteroatoms. The lowest BCUT2D eigenvalue weighted by Crippen LogP contribution is -1.93. The standard InChI is InChI=1S/C9H6O2.C3H6/c10-9-6-5-7-3-1-2-4-8(7)11-9;1-2-3-1/h1-6H;1-3H2. The first kappa shape index (κ1) is 9.00. The molecule has 1 aromatic heterocycles. The minimum Gasteiger partial charge on any atom is -0.423 e. The van der Waals surface area contributed by atoms with Crippen LogP contribution in [0.1, 0.15) is 19.3 Å². The molecule has 1 aromatic carbocycles. The zero-order valence-corrected chi connectivity index (χ0v) is 7.90. The highest BCUT2D eigenvalue weighted by Gasteiger charge is 1.95. The summed E-state index contributed by atoms with van der Waals surface area (Å²) < 4.78 is 4.91. The van der Waals surface area contributed by atoms with Crippen molar-refractivity contribution in [2.75, 3.05) is 0 Å².